The average molecular weight is 220 g/mol. The van der Waals surface area contributed by atoms with Crippen molar-refractivity contribution in [1.29, 1.82) is 0 Å². The van der Waals surface area contributed by atoms with Gasteiger partial charge in [-0.1, -0.05) is 20.3 Å². The Balaban J connectivity index is 3.05. The Morgan fingerprint density at radius 1 is 1.64 bits per heavy atom. The van der Waals surface area contributed by atoms with Crippen LogP contribution in [0.25, 0.3) is 0 Å². The molecule has 0 amide bonds. The van der Waals surface area contributed by atoms with Crippen LogP contribution in [0, 0.1) is 0 Å². The van der Waals surface area contributed by atoms with E-state index in [0.717, 1.165) is 19.0 Å². The fourth-order valence-electron chi connectivity index (χ4n) is 1.41. The lowest BCUT2D eigenvalue weighted by molar-refractivity contribution is 0.547. The first-order chi connectivity index (χ1) is 6.46. The predicted molar refractivity (Wildman–Crippen MR) is 50.2 cm³/mol. The highest BCUT2D eigenvalue weighted by molar-refractivity contribution is 7.86. The molecule has 1 aromatic heterocycles. The van der Waals surface area contributed by atoms with Gasteiger partial charge in [0, 0.05) is 0 Å². The highest BCUT2D eigenvalue weighted by Gasteiger charge is 2.22. The zero-order valence-electron chi connectivity index (χ0n) is 8.12. The van der Waals surface area contributed by atoms with Crippen molar-refractivity contribution in [3.8, 4) is 0 Å². The number of rotatable bonds is 4. The van der Waals surface area contributed by atoms with Crippen molar-refractivity contribution in [2.75, 3.05) is 0 Å². The van der Waals surface area contributed by atoms with Crippen LogP contribution in [0.2, 0.25) is 0 Å². The number of halogens is 1. The van der Waals surface area contributed by atoms with Crippen LogP contribution in [-0.2, 0) is 10.2 Å². The fraction of sp³-hybridized carbons (Fsp3) is 0.625. The molecular formula is C8H13FN2O2S. The molecule has 80 valence electrons. The molecule has 0 aliphatic rings. The van der Waals surface area contributed by atoms with Crippen molar-refractivity contribution in [3.63, 3.8) is 0 Å². The Morgan fingerprint density at radius 3 is 2.79 bits per heavy atom. The minimum Gasteiger partial charge on any atom is -0.281 e. The summed E-state index contributed by atoms with van der Waals surface area (Å²) in [5.74, 6) is -0.0250. The van der Waals surface area contributed by atoms with Crippen molar-refractivity contribution < 1.29 is 12.3 Å². The zero-order chi connectivity index (χ0) is 10.8. The van der Waals surface area contributed by atoms with Gasteiger partial charge in [-0.2, -0.15) is 13.5 Å². The van der Waals surface area contributed by atoms with E-state index < -0.39 is 10.2 Å². The first-order valence-corrected chi connectivity index (χ1v) is 5.83. The molecule has 0 fully saturated rings. The van der Waals surface area contributed by atoms with Crippen LogP contribution in [0.1, 0.15) is 38.3 Å². The van der Waals surface area contributed by atoms with Gasteiger partial charge in [-0.05, 0) is 12.3 Å². The molecule has 0 saturated heterocycles. The van der Waals surface area contributed by atoms with E-state index in [9.17, 15) is 12.3 Å². The number of H-pyrrole nitrogens is 1. The molecule has 1 atom stereocenters. The Bertz CT molecular complexity index is 399. The number of nitrogens with one attached hydrogen (secondary N) is 1. The largest absolute Gasteiger partial charge is 0.335 e. The average Bonchev–Trinajstić information content (AvgIpc) is 2.50. The molecule has 1 heterocycles. The van der Waals surface area contributed by atoms with Gasteiger partial charge in [0.05, 0.1) is 11.9 Å². The highest BCUT2D eigenvalue weighted by Crippen LogP contribution is 2.25. The summed E-state index contributed by atoms with van der Waals surface area (Å²) in [7, 11) is -4.65. The lowest BCUT2D eigenvalue weighted by Gasteiger charge is -2.07. The van der Waals surface area contributed by atoms with Gasteiger partial charge in [0.25, 0.3) is 0 Å². The Hall–Kier alpha value is -0.910. The maximum Gasteiger partial charge on any atom is 0.335 e. The number of hydrogen-bond acceptors (Lipinski definition) is 3. The maximum absolute atomic E-state index is 12.7. The standard InChI is InChI=1S/C8H13FN2O2S/c1-3-4-6(2)8-7(5-10-11-8)14(9,12)13/h5-6H,3-4H2,1-2H3,(H,10,11). The molecule has 6 heteroatoms. The van der Waals surface area contributed by atoms with E-state index in [1.54, 1.807) is 0 Å². The fourth-order valence-corrected chi connectivity index (χ4v) is 2.10. The summed E-state index contributed by atoms with van der Waals surface area (Å²) in [6, 6.07) is 0. The van der Waals surface area contributed by atoms with Crippen LogP contribution in [0.3, 0.4) is 0 Å². The first kappa shape index (κ1) is 11.2. The minimum atomic E-state index is -4.65. The third kappa shape index (κ3) is 2.31. The molecule has 14 heavy (non-hydrogen) atoms. The number of aromatic amines is 1. The predicted octanol–water partition coefficient (Wildman–Crippen LogP) is 1.97. The van der Waals surface area contributed by atoms with Crippen molar-refractivity contribution in [1.82, 2.24) is 10.2 Å². The van der Waals surface area contributed by atoms with E-state index in [0.29, 0.717) is 5.69 Å². The molecule has 1 rings (SSSR count). The summed E-state index contributed by atoms with van der Waals surface area (Å²) in [4.78, 5) is -0.335. The van der Waals surface area contributed by atoms with Crippen molar-refractivity contribution in [2.45, 2.75) is 37.5 Å². The monoisotopic (exact) mass is 220 g/mol. The zero-order valence-corrected chi connectivity index (χ0v) is 8.94. The topological polar surface area (TPSA) is 62.8 Å². The van der Waals surface area contributed by atoms with Crippen LogP contribution in [-0.4, -0.2) is 18.6 Å². The maximum atomic E-state index is 12.7. The molecule has 0 aliphatic heterocycles. The molecule has 4 nitrogen and oxygen atoms in total. The molecule has 0 radical (unpaired) electrons. The Morgan fingerprint density at radius 2 is 2.29 bits per heavy atom. The van der Waals surface area contributed by atoms with Gasteiger partial charge in [-0.3, -0.25) is 5.10 Å². The van der Waals surface area contributed by atoms with Crippen LogP contribution in [0.15, 0.2) is 11.1 Å². The number of nitrogens with zero attached hydrogens (tertiary/aromatic N) is 1. The highest BCUT2D eigenvalue weighted by atomic mass is 32.3. The van der Waals surface area contributed by atoms with Crippen LogP contribution >= 0.6 is 0 Å². The summed E-state index contributed by atoms with van der Waals surface area (Å²) in [6.07, 6.45) is 2.72. The van der Waals surface area contributed by atoms with Crippen LogP contribution < -0.4 is 0 Å². The molecule has 1 N–H and O–H groups in total. The third-order valence-corrected chi connectivity index (χ3v) is 2.96. The molecule has 0 aromatic carbocycles. The molecule has 1 unspecified atom stereocenters. The van der Waals surface area contributed by atoms with Crippen molar-refractivity contribution >= 4 is 10.2 Å². The van der Waals surface area contributed by atoms with E-state index in [-0.39, 0.29) is 10.8 Å². The second-order valence-electron chi connectivity index (χ2n) is 3.28. The summed E-state index contributed by atoms with van der Waals surface area (Å²) >= 11 is 0. The molecule has 0 aliphatic carbocycles. The van der Waals surface area contributed by atoms with Crippen molar-refractivity contribution in [3.05, 3.63) is 11.9 Å². The molecule has 0 spiro atoms. The van der Waals surface area contributed by atoms with E-state index >= 15 is 0 Å². The van der Waals surface area contributed by atoms with Gasteiger partial charge in [-0.15, -0.1) is 3.89 Å². The van der Waals surface area contributed by atoms with E-state index in [1.807, 2.05) is 13.8 Å². The summed E-state index contributed by atoms with van der Waals surface area (Å²) in [6.45, 7) is 3.82. The normalized spacial score (nSPS) is 14.2. The van der Waals surface area contributed by atoms with Crippen LogP contribution in [0.5, 0.6) is 0 Å². The number of hydrogen-bond donors (Lipinski definition) is 1. The lowest BCUT2D eigenvalue weighted by atomic mass is 10.0. The second-order valence-corrected chi connectivity index (χ2v) is 4.59. The summed E-state index contributed by atoms with van der Waals surface area (Å²) in [5.41, 5.74) is 0.356. The smallest absolute Gasteiger partial charge is 0.281 e. The summed E-state index contributed by atoms with van der Waals surface area (Å²) < 4.78 is 34.1. The molecule has 0 saturated carbocycles. The molecule has 1 aromatic rings. The van der Waals surface area contributed by atoms with Crippen LogP contribution in [0.4, 0.5) is 3.89 Å². The molecular weight excluding hydrogens is 207 g/mol. The Labute approximate surface area is 82.7 Å². The van der Waals surface area contributed by atoms with Gasteiger partial charge in [0.1, 0.15) is 4.90 Å². The van der Waals surface area contributed by atoms with E-state index in [1.165, 1.54) is 0 Å². The van der Waals surface area contributed by atoms with Gasteiger partial charge in [-0.25, -0.2) is 0 Å². The van der Waals surface area contributed by atoms with Gasteiger partial charge < -0.3 is 0 Å². The quantitative estimate of drug-likeness (QED) is 0.789. The third-order valence-electron chi connectivity index (χ3n) is 2.11. The first-order valence-electron chi connectivity index (χ1n) is 4.44. The Kier molecular flexibility index (Phi) is 3.25. The van der Waals surface area contributed by atoms with E-state index in [2.05, 4.69) is 10.2 Å². The van der Waals surface area contributed by atoms with E-state index in [4.69, 9.17) is 0 Å². The van der Waals surface area contributed by atoms with Gasteiger partial charge in [0.15, 0.2) is 0 Å². The lowest BCUT2D eigenvalue weighted by Crippen LogP contribution is -2.01. The number of aromatic nitrogens is 2. The van der Waals surface area contributed by atoms with Crippen molar-refractivity contribution in [2.24, 2.45) is 0 Å². The molecule has 0 bridgehead atoms. The second kappa shape index (κ2) is 4.08. The van der Waals surface area contributed by atoms with Gasteiger partial charge >= 0.3 is 10.2 Å². The summed E-state index contributed by atoms with van der Waals surface area (Å²) in [5, 5.41) is 6.08. The SMILES string of the molecule is CCCC(C)c1[nH]ncc1S(=O)(=O)F. The van der Waals surface area contributed by atoms with Gasteiger partial charge in [0.2, 0.25) is 0 Å². The minimum absolute atomic E-state index is 0.0250.